The van der Waals surface area contributed by atoms with Gasteiger partial charge in [0.25, 0.3) is 0 Å². The summed E-state index contributed by atoms with van der Waals surface area (Å²) in [5, 5.41) is -3.60. The molecule has 0 radical (unpaired) electrons. The second-order valence-corrected chi connectivity index (χ2v) is 20.4. The third-order valence-corrected chi connectivity index (χ3v) is 15.8. The summed E-state index contributed by atoms with van der Waals surface area (Å²) in [4.78, 5) is 60.2. The van der Waals surface area contributed by atoms with Crippen LogP contribution in [-0.2, 0) is 13.7 Å². The van der Waals surface area contributed by atoms with Crippen molar-refractivity contribution in [1.29, 1.82) is 0 Å². The quantitative estimate of drug-likeness (QED) is 0.0587. The topological polar surface area (TPSA) is 194 Å². The number of quaternary nitrogens is 3. The molecule has 15 heteroatoms. The summed E-state index contributed by atoms with van der Waals surface area (Å²) in [7, 11) is -17.8. The van der Waals surface area contributed by atoms with Crippen LogP contribution in [-0.4, -0.2) is 78.7 Å². The Labute approximate surface area is 321 Å². The smallest absolute Gasteiger partial charge is 0.152 e. The highest BCUT2D eigenvalue weighted by Crippen LogP contribution is 2.68. The lowest BCUT2D eigenvalue weighted by Crippen LogP contribution is -3.12. The molecule has 3 unspecified atom stereocenters. The monoisotopic (exact) mass is 812 g/mol. The third kappa shape index (κ3) is 41.5. The summed E-state index contributed by atoms with van der Waals surface area (Å²) in [5.41, 5.74) is 0. The van der Waals surface area contributed by atoms with E-state index in [0.717, 1.165) is 0 Å². The minimum absolute atomic E-state index is 1.35. The predicted octanol–water partition coefficient (Wildman–Crippen LogP) is 3.72. The largest absolute Gasteiger partial charge is 0.778 e. The van der Waals surface area contributed by atoms with E-state index in [0.29, 0.717) is 0 Å². The second-order valence-electron chi connectivity index (χ2n) is 14.2. The fourth-order valence-corrected chi connectivity index (χ4v) is 9.94. The first-order valence-corrected chi connectivity index (χ1v) is 26.0. The standard InChI is InChI=1S/3C12H27N.CH7O9P3/c3*1-4-7-10-13(11-8-5-2)12-9-6-3;2-11(3,4)1(12(5,6)7)13(8,9)10/h3*4-12H2,1-3H3;1H,(H2,2,3,4)(H2,5,6,7)(H2,8,9,10). The van der Waals surface area contributed by atoms with Crippen LogP contribution in [0.1, 0.15) is 178 Å². The van der Waals surface area contributed by atoms with Gasteiger partial charge in [-0.05, 0) is 57.8 Å². The number of hydrogen-bond donors (Lipinski definition) is 6. The molecule has 0 saturated carbocycles. The van der Waals surface area contributed by atoms with Gasteiger partial charge in [0.15, 0.2) is 27.9 Å². The normalized spacial score (nSPS) is 15.3. The molecule has 0 bridgehead atoms. The van der Waals surface area contributed by atoms with Gasteiger partial charge in [-0.15, -0.1) is 0 Å². The van der Waals surface area contributed by atoms with Crippen molar-refractivity contribution >= 4 is 22.8 Å². The highest BCUT2D eigenvalue weighted by molar-refractivity contribution is 7.85. The molecule has 0 aromatic heterocycles. The van der Waals surface area contributed by atoms with Gasteiger partial charge < -0.3 is 57.8 Å². The molecule has 3 atom stereocenters. The lowest BCUT2D eigenvalue weighted by molar-refractivity contribution is -0.900. The van der Waals surface area contributed by atoms with Crippen LogP contribution in [0.3, 0.4) is 0 Å². The second kappa shape index (κ2) is 39.6. The molecule has 0 rings (SSSR count). The van der Waals surface area contributed by atoms with Gasteiger partial charge in [0.05, 0.1) is 58.9 Å². The van der Waals surface area contributed by atoms with Crippen LogP contribution in [0.4, 0.5) is 0 Å². The Morgan fingerprint density at radius 2 is 0.462 bits per heavy atom. The maximum Gasteiger partial charge on any atom is 0.152 e. The molecule has 0 fully saturated rings. The maximum absolute atomic E-state index is 10.1. The minimum Gasteiger partial charge on any atom is -0.778 e. The van der Waals surface area contributed by atoms with E-state index in [1.165, 1.54) is 174 Å². The zero-order valence-electron chi connectivity index (χ0n) is 35.3. The van der Waals surface area contributed by atoms with Crippen molar-refractivity contribution in [1.82, 2.24) is 0 Å². The lowest BCUT2D eigenvalue weighted by Gasteiger charge is -2.38. The van der Waals surface area contributed by atoms with Crippen LogP contribution in [0.15, 0.2) is 0 Å². The van der Waals surface area contributed by atoms with Crippen molar-refractivity contribution in [2.45, 2.75) is 183 Å². The van der Waals surface area contributed by atoms with Crippen LogP contribution in [0.5, 0.6) is 0 Å². The van der Waals surface area contributed by atoms with E-state index in [1.54, 1.807) is 0 Å². The molecule has 0 heterocycles. The fraction of sp³-hybridized carbons (Fsp3) is 1.00. The van der Waals surface area contributed by atoms with Crippen LogP contribution in [0.2, 0.25) is 0 Å². The maximum atomic E-state index is 10.1. The summed E-state index contributed by atoms with van der Waals surface area (Å²) in [5.74, 6) is 0. The molecule has 0 aliphatic carbocycles. The molecule has 12 nitrogen and oxygen atoms in total. The van der Waals surface area contributed by atoms with E-state index in [9.17, 15) is 28.4 Å². The summed E-state index contributed by atoms with van der Waals surface area (Å²) >= 11 is 0. The highest BCUT2D eigenvalue weighted by Gasteiger charge is 2.38. The van der Waals surface area contributed by atoms with Crippen molar-refractivity contribution < 1.29 is 57.8 Å². The molecule has 0 aromatic rings. The molecule has 0 aromatic carbocycles. The first-order valence-electron chi connectivity index (χ1n) is 21.0. The SMILES string of the molecule is CCCC[NH+](CCCC)CCCC.CCCC[NH+](CCCC)CCCC.CCCC[NH+](CCCC)CCCC.O=P([O-])(O)C(P(=O)([O-])O)P(=O)([O-])O. The van der Waals surface area contributed by atoms with E-state index in [-0.39, 0.29) is 0 Å². The van der Waals surface area contributed by atoms with E-state index < -0.39 is 27.9 Å². The summed E-state index contributed by atoms with van der Waals surface area (Å²) < 4.78 is 30.4. The van der Waals surface area contributed by atoms with Gasteiger partial charge in [-0.3, -0.25) is 0 Å². The molecule has 320 valence electrons. The lowest BCUT2D eigenvalue weighted by atomic mass is 10.2. The average Bonchev–Trinajstić information content (AvgIpc) is 3.06. The average molecular weight is 812 g/mol. The third-order valence-electron chi connectivity index (χ3n) is 8.83. The molecule has 0 aliphatic heterocycles. The van der Waals surface area contributed by atoms with Crippen LogP contribution in [0, 0.1) is 0 Å². The fourth-order valence-electron chi connectivity index (χ4n) is 5.52. The van der Waals surface area contributed by atoms with Crippen LogP contribution < -0.4 is 29.4 Å². The number of unbranched alkanes of at least 4 members (excludes halogenated alkanes) is 9. The molecule has 0 saturated heterocycles. The van der Waals surface area contributed by atoms with Gasteiger partial charge in [0, 0.05) is 0 Å². The Morgan fingerprint density at radius 1 is 0.346 bits per heavy atom. The Hall–Kier alpha value is 0.330. The summed E-state index contributed by atoms with van der Waals surface area (Å²) in [6, 6.07) is 0. The van der Waals surface area contributed by atoms with Gasteiger partial charge >= 0.3 is 0 Å². The van der Waals surface area contributed by atoms with Gasteiger partial charge in [-0.2, -0.15) is 0 Å². The molecular weight excluding hydrogens is 723 g/mol. The number of rotatable bonds is 30. The zero-order valence-corrected chi connectivity index (χ0v) is 38.0. The van der Waals surface area contributed by atoms with Gasteiger partial charge in [-0.25, -0.2) is 0 Å². The first-order chi connectivity index (χ1) is 24.4. The Kier molecular flexibility index (Phi) is 44.9. The van der Waals surface area contributed by atoms with Crippen LogP contribution >= 0.6 is 22.8 Å². The summed E-state index contributed by atoms with van der Waals surface area (Å²) in [6.07, 6.45) is 24.8. The van der Waals surface area contributed by atoms with Gasteiger partial charge in [-0.1, -0.05) is 120 Å². The van der Waals surface area contributed by atoms with Gasteiger partial charge in [0.2, 0.25) is 0 Å². The molecule has 0 amide bonds. The predicted molar refractivity (Wildman–Crippen MR) is 214 cm³/mol. The van der Waals surface area contributed by atoms with Crippen molar-refractivity contribution in [2.24, 2.45) is 0 Å². The molecular formula is C37H88N3O9P3. The summed E-state index contributed by atoms with van der Waals surface area (Å²) in [6.45, 7) is 33.2. The van der Waals surface area contributed by atoms with E-state index in [2.05, 4.69) is 62.3 Å². The van der Waals surface area contributed by atoms with E-state index in [1.807, 2.05) is 14.7 Å². The Bertz CT molecular complexity index is 706. The number of hydrogen-bond acceptors (Lipinski definition) is 6. The molecule has 6 N–H and O–H groups in total. The van der Waals surface area contributed by atoms with Crippen molar-refractivity contribution in [2.75, 3.05) is 58.9 Å². The molecule has 0 aliphatic rings. The van der Waals surface area contributed by atoms with Crippen LogP contribution in [0.25, 0.3) is 0 Å². The Balaban J connectivity index is -0.000000295. The van der Waals surface area contributed by atoms with Gasteiger partial charge in [0.1, 0.15) is 0 Å². The molecule has 52 heavy (non-hydrogen) atoms. The highest BCUT2D eigenvalue weighted by atomic mass is 31.3. The zero-order chi connectivity index (χ0) is 40.9. The minimum atomic E-state index is -5.92. The van der Waals surface area contributed by atoms with Crippen molar-refractivity contribution in [3.63, 3.8) is 0 Å². The van der Waals surface area contributed by atoms with Crippen molar-refractivity contribution in [3.8, 4) is 0 Å². The molecule has 0 spiro atoms. The van der Waals surface area contributed by atoms with E-state index >= 15 is 0 Å². The van der Waals surface area contributed by atoms with Crippen molar-refractivity contribution in [3.05, 3.63) is 0 Å². The Morgan fingerprint density at radius 3 is 0.519 bits per heavy atom. The number of nitrogens with one attached hydrogen (secondary N) is 3. The van der Waals surface area contributed by atoms with E-state index in [4.69, 9.17) is 14.7 Å². The first kappa shape index (κ1) is 59.0.